The van der Waals surface area contributed by atoms with E-state index in [1.165, 1.54) is 34.6 Å². The number of nitrogens with zero attached hydrogens (tertiary/aromatic N) is 4. The number of fused-ring (bicyclic) bond motifs is 5. The lowest BCUT2D eigenvalue weighted by Crippen LogP contribution is -2.13. The van der Waals surface area contributed by atoms with Crippen LogP contribution in [-0.2, 0) is 10.8 Å². The van der Waals surface area contributed by atoms with Crippen LogP contribution >= 0.6 is 23.5 Å². The first kappa shape index (κ1) is 15.8. The molecule has 0 spiro atoms. The summed E-state index contributed by atoms with van der Waals surface area (Å²) in [6.45, 7) is 13.3. The molecule has 0 saturated carbocycles. The van der Waals surface area contributed by atoms with Gasteiger partial charge in [-0.1, -0.05) is 41.5 Å². The monoisotopic (exact) mass is 356 g/mol. The molecule has 0 aliphatic heterocycles. The van der Waals surface area contributed by atoms with Gasteiger partial charge in [-0.2, -0.15) is 17.5 Å². The second kappa shape index (κ2) is 4.92. The van der Waals surface area contributed by atoms with Crippen LogP contribution in [-0.4, -0.2) is 17.5 Å². The molecule has 0 saturated heterocycles. The van der Waals surface area contributed by atoms with E-state index in [-0.39, 0.29) is 10.8 Å². The van der Waals surface area contributed by atoms with Crippen LogP contribution in [0.25, 0.3) is 32.8 Å². The Labute approximate surface area is 149 Å². The Morgan fingerprint density at radius 3 is 1.25 bits per heavy atom. The Morgan fingerprint density at radius 2 is 0.917 bits per heavy atom. The van der Waals surface area contributed by atoms with Crippen LogP contribution in [0, 0.1) is 0 Å². The minimum absolute atomic E-state index is 0.000660. The van der Waals surface area contributed by atoms with Crippen molar-refractivity contribution in [1.29, 1.82) is 0 Å². The Hall–Kier alpha value is -1.66. The van der Waals surface area contributed by atoms with Crippen molar-refractivity contribution in [2.75, 3.05) is 0 Å². The van der Waals surface area contributed by atoms with Crippen LogP contribution in [0.3, 0.4) is 0 Å². The second-order valence-corrected chi connectivity index (χ2v) is 9.42. The van der Waals surface area contributed by atoms with E-state index in [0.29, 0.717) is 0 Å². The van der Waals surface area contributed by atoms with Gasteiger partial charge in [-0.15, -0.1) is 0 Å². The van der Waals surface area contributed by atoms with Gasteiger partial charge in [-0.25, -0.2) is 0 Å². The third-order valence-corrected chi connectivity index (χ3v) is 5.54. The predicted octanol–water partition coefficient (Wildman–Crippen LogP) is 5.44. The first-order chi connectivity index (χ1) is 11.2. The molecule has 0 N–H and O–H groups in total. The van der Waals surface area contributed by atoms with Gasteiger partial charge in [-0.05, 0) is 34.1 Å². The van der Waals surface area contributed by atoms with Gasteiger partial charge >= 0.3 is 0 Å². The third-order valence-electron chi connectivity index (χ3n) is 4.48. The first-order valence-corrected chi connectivity index (χ1v) is 9.49. The van der Waals surface area contributed by atoms with E-state index in [0.717, 1.165) is 32.8 Å². The second-order valence-electron chi connectivity index (χ2n) is 8.37. The van der Waals surface area contributed by atoms with Crippen molar-refractivity contribution in [3.63, 3.8) is 0 Å². The van der Waals surface area contributed by atoms with E-state index in [1.54, 1.807) is 0 Å². The molecule has 4 rings (SSSR count). The minimum atomic E-state index is 0.000660. The maximum atomic E-state index is 4.62. The highest BCUT2D eigenvalue weighted by atomic mass is 32.1. The summed E-state index contributed by atoms with van der Waals surface area (Å²) in [6.07, 6.45) is 0. The third kappa shape index (κ3) is 2.24. The SMILES string of the molecule is CC(C)(C)c1cc2c(cc(C(C)(C)C)c3nsnc32)c2nsnc12. The Bertz CT molecular complexity index is 990. The molecule has 24 heavy (non-hydrogen) atoms. The van der Waals surface area contributed by atoms with E-state index in [1.807, 2.05) is 0 Å². The fraction of sp³-hybridized carbons (Fsp3) is 0.444. The van der Waals surface area contributed by atoms with Gasteiger partial charge in [-0.3, -0.25) is 0 Å². The van der Waals surface area contributed by atoms with Crippen LogP contribution in [0.4, 0.5) is 0 Å². The van der Waals surface area contributed by atoms with Crippen molar-refractivity contribution >= 4 is 56.3 Å². The molecule has 0 aliphatic carbocycles. The summed E-state index contributed by atoms with van der Waals surface area (Å²) in [4.78, 5) is 0. The summed E-state index contributed by atoms with van der Waals surface area (Å²) in [5.41, 5.74) is 6.45. The molecule has 0 aliphatic rings. The van der Waals surface area contributed by atoms with Crippen LogP contribution in [0.1, 0.15) is 52.7 Å². The Morgan fingerprint density at radius 1 is 0.583 bits per heavy atom. The van der Waals surface area contributed by atoms with Crippen molar-refractivity contribution in [2.45, 2.75) is 52.4 Å². The molecule has 0 amide bonds. The quantitative estimate of drug-likeness (QED) is 0.421. The van der Waals surface area contributed by atoms with Crippen LogP contribution < -0.4 is 0 Å². The van der Waals surface area contributed by atoms with E-state index >= 15 is 0 Å². The molecular formula is C18H20N4S2. The zero-order chi connectivity index (χ0) is 17.3. The van der Waals surface area contributed by atoms with Crippen LogP contribution in [0.5, 0.6) is 0 Å². The lowest BCUT2D eigenvalue weighted by atomic mass is 9.81. The maximum Gasteiger partial charge on any atom is 0.113 e. The summed E-state index contributed by atoms with van der Waals surface area (Å²) in [5.74, 6) is 0. The van der Waals surface area contributed by atoms with Crippen LogP contribution in [0.15, 0.2) is 12.1 Å². The summed E-state index contributed by atoms with van der Waals surface area (Å²) >= 11 is 2.57. The summed E-state index contributed by atoms with van der Waals surface area (Å²) in [7, 11) is 0. The van der Waals surface area contributed by atoms with E-state index in [4.69, 9.17) is 0 Å². The van der Waals surface area contributed by atoms with Gasteiger partial charge in [0.05, 0.1) is 23.5 Å². The molecule has 0 unspecified atom stereocenters. The maximum absolute atomic E-state index is 4.62. The van der Waals surface area contributed by atoms with Gasteiger partial charge in [0.2, 0.25) is 0 Å². The van der Waals surface area contributed by atoms with E-state index in [9.17, 15) is 0 Å². The van der Waals surface area contributed by atoms with Crippen molar-refractivity contribution < 1.29 is 0 Å². The van der Waals surface area contributed by atoms with Gasteiger partial charge in [0.15, 0.2) is 0 Å². The molecule has 2 heterocycles. The molecule has 0 bridgehead atoms. The highest BCUT2D eigenvalue weighted by molar-refractivity contribution is 7.00. The lowest BCUT2D eigenvalue weighted by molar-refractivity contribution is 0.594. The molecule has 124 valence electrons. The zero-order valence-corrected chi connectivity index (χ0v) is 16.4. The molecule has 2 aromatic heterocycles. The Kier molecular flexibility index (Phi) is 3.25. The van der Waals surface area contributed by atoms with Crippen molar-refractivity contribution in [3.05, 3.63) is 23.3 Å². The number of benzene rings is 2. The normalized spacial score (nSPS) is 13.4. The molecule has 0 radical (unpaired) electrons. The number of hydrogen-bond acceptors (Lipinski definition) is 6. The fourth-order valence-corrected chi connectivity index (χ4v) is 4.35. The van der Waals surface area contributed by atoms with Crippen LogP contribution in [0.2, 0.25) is 0 Å². The van der Waals surface area contributed by atoms with Gasteiger partial charge in [0, 0.05) is 10.8 Å². The largest absolute Gasteiger partial charge is 0.173 e. The average Bonchev–Trinajstić information content (AvgIpc) is 3.12. The van der Waals surface area contributed by atoms with Crippen molar-refractivity contribution in [2.24, 2.45) is 0 Å². The summed E-state index contributed by atoms with van der Waals surface area (Å²) in [5, 5.41) is 2.27. The van der Waals surface area contributed by atoms with E-state index < -0.39 is 0 Å². The fourth-order valence-electron chi connectivity index (χ4n) is 3.20. The predicted molar refractivity (Wildman–Crippen MR) is 103 cm³/mol. The highest BCUT2D eigenvalue weighted by Gasteiger charge is 2.26. The first-order valence-electron chi connectivity index (χ1n) is 8.03. The molecule has 2 aromatic carbocycles. The van der Waals surface area contributed by atoms with Gasteiger partial charge in [0.25, 0.3) is 0 Å². The van der Waals surface area contributed by atoms with Gasteiger partial charge in [0.1, 0.15) is 22.1 Å². The smallest absolute Gasteiger partial charge is 0.113 e. The molecule has 6 heteroatoms. The minimum Gasteiger partial charge on any atom is -0.173 e. The molecule has 0 fully saturated rings. The van der Waals surface area contributed by atoms with Gasteiger partial charge < -0.3 is 0 Å². The molecule has 4 aromatic rings. The average molecular weight is 357 g/mol. The van der Waals surface area contributed by atoms with Crippen molar-refractivity contribution in [3.8, 4) is 0 Å². The number of rotatable bonds is 0. The molecular weight excluding hydrogens is 336 g/mol. The van der Waals surface area contributed by atoms with Crippen molar-refractivity contribution in [1.82, 2.24) is 17.5 Å². The zero-order valence-electron chi connectivity index (χ0n) is 14.8. The number of aromatic nitrogens is 4. The topological polar surface area (TPSA) is 51.6 Å². The summed E-state index contributed by atoms with van der Waals surface area (Å²) in [6, 6.07) is 4.49. The number of hydrogen-bond donors (Lipinski definition) is 0. The summed E-state index contributed by atoms with van der Waals surface area (Å²) < 4.78 is 18.4. The lowest BCUT2D eigenvalue weighted by Gasteiger charge is -2.22. The molecule has 4 nitrogen and oxygen atoms in total. The standard InChI is InChI=1S/C18H20N4S2/c1-17(2,3)11-7-9-10(13-15(11)21-23-19-13)8-12(18(4,5)6)16-14(9)20-24-22-16/h7-8H,1-6H3. The Balaban J connectivity index is 2.27. The highest BCUT2D eigenvalue weighted by Crippen LogP contribution is 2.40. The van der Waals surface area contributed by atoms with E-state index in [2.05, 4.69) is 71.2 Å². The molecule has 0 atom stereocenters.